The minimum atomic E-state index is -0.734. The van der Waals surface area contributed by atoms with Crippen LogP contribution in [0.4, 0.5) is 0 Å². The number of fused-ring (bicyclic) bond motifs is 1. The predicted molar refractivity (Wildman–Crippen MR) is 86.0 cm³/mol. The Balaban J connectivity index is 1.68. The lowest BCUT2D eigenvalue weighted by atomic mass is 9.93. The van der Waals surface area contributed by atoms with Gasteiger partial charge >= 0.3 is 0 Å². The maximum Gasteiger partial charge on any atom is 0.252 e. The zero-order valence-electron chi connectivity index (χ0n) is 12.5. The third-order valence-electron chi connectivity index (χ3n) is 4.86. The van der Waals surface area contributed by atoms with Crippen molar-refractivity contribution in [2.75, 3.05) is 0 Å². The Bertz CT molecular complexity index is 773. The second-order valence-electron chi connectivity index (χ2n) is 6.16. The van der Waals surface area contributed by atoms with Gasteiger partial charge in [-0.2, -0.15) is 0 Å². The maximum atomic E-state index is 12.6. The average molecular weight is 293 g/mol. The summed E-state index contributed by atoms with van der Waals surface area (Å²) in [5.41, 5.74) is 2.90. The first-order chi connectivity index (χ1) is 10.8. The fraction of sp³-hybridized carbons (Fsp3) is 0.316. The third kappa shape index (κ3) is 2.04. The molecule has 4 rings (SSSR count). The molecule has 3 nitrogen and oxygen atoms in total. The van der Waals surface area contributed by atoms with Crippen molar-refractivity contribution < 1.29 is 9.90 Å². The van der Waals surface area contributed by atoms with Gasteiger partial charge in [-0.15, -0.1) is 0 Å². The molecular formula is C19H19NO2. The molecule has 0 radical (unpaired) electrons. The van der Waals surface area contributed by atoms with Crippen LogP contribution < -0.4 is 0 Å². The zero-order chi connectivity index (χ0) is 15.1. The molecule has 0 fully saturated rings. The summed E-state index contributed by atoms with van der Waals surface area (Å²) in [6, 6.07) is 14.3. The van der Waals surface area contributed by atoms with Crippen LogP contribution in [0.5, 0.6) is 0 Å². The van der Waals surface area contributed by atoms with Gasteiger partial charge in [0.1, 0.15) is 0 Å². The summed E-state index contributed by atoms with van der Waals surface area (Å²) in [6.07, 6.45) is 3.07. The molecule has 2 aromatic rings. The Labute approximate surface area is 129 Å². The average Bonchev–Trinajstić information content (AvgIpc) is 2.81. The van der Waals surface area contributed by atoms with E-state index in [0.29, 0.717) is 6.54 Å². The van der Waals surface area contributed by atoms with Crippen molar-refractivity contribution in [1.29, 1.82) is 0 Å². The molecule has 1 heterocycles. The summed E-state index contributed by atoms with van der Waals surface area (Å²) in [4.78, 5) is 14.2. The summed E-state index contributed by atoms with van der Waals surface area (Å²) in [5.74, 6) is 0.0233. The number of aliphatic hydroxyl groups excluding tert-OH is 1. The molecule has 22 heavy (non-hydrogen) atoms. The molecule has 3 heteroatoms. The van der Waals surface area contributed by atoms with Gasteiger partial charge in [0.05, 0.1) is 0 Å². The van der Waals surface area contributed by atoms with Crippen LogP contribution in [0.15, 0.2) is 53.6 Å². The van der Waals surface area contributed by atoms with Gasteiger partial charge in [-0.3, -0.25) is 4.79 Å². The molecule has 1 aliphatic heterocycles. The normalized spacial score (nSPS) is 21.6. The highest BCUT2D eigenvalue weighted by molar-refractivity contribution is 5.98. The van der Waals surface area contributed by atoms with E-state index in [1.807, 2.05) is 24.3 Å². The summed E-state index contributed by atoms with van der Waals surface area (Å²) < 4.78 is 0. The van der Waals surface area contributed by atoms with Gasteiger partial charge in [0.25, 0.3) is 5.91 Å². The Morgan fingerprint density at radius 3 is 2.68 bits per heavy atom. The van der Waals surface area contributed by atoms with Crippen molar-refractivity contribution in [3.05, 3.63) is 59.2 Å². The van der Waals surface area contributed by atoms with E-state index in [2.05, 4.69) is 18.2 Å². The second-order valence-corrected chi connectivity index (χ2v) is 6.16. The topological polar surface area (TPSA) is 40.5 Å². The number of nitrogens with zero attached hydrogens (tertiary/aromatic N) is 1. The number of hydrogen-bond donors (Lipinski definition) is 1. The van der Waals surface area contributed by atoms with E-state index in [4.69, 9.17) is 0 Å². The van der Waals surface area contributed by atoms with Gasteiger partial charge in [0.15, 0.2) is 6.23 Å². The summed E-state index contributed by atoms with van der Waals surface area (Å²) >= 11 is 0. The Morgan fingerprint density at radius 1 is 1.05 bits per heavy atom. The molecule has 0 bridgehead atoms. The molecule has 2 aliphatic rings. The number of rotatable bonds is 2. The maximum absolute atomic E-state index is 12.6. The minimum Gasteiger partial charge on any atom is -0.369 e. The van der Waals surface area contributed by atoms with Crippen molar-refractivity contribution >= 4 is 16.7 Å². The van der Waals surface area contributed by atoms with Gasteiger partial charge in [0, 0.05) is 12.1 Å². The number of carbonyl (C=O) groups is 1. The Morgan fingerprint density at radius 2 is 1.82 bits per heavy atom. The lowest BCUT2D eigenvalue weighted by Crippen LogP contribution is -2.34. The lowest BCUT2D eigenvalue weighted by molar-refractivity contribution is -0.132. The molecule has 112 valence electrons. The molecule has 1 aliphatic carbocycles. The van der Waals surface area contributed by atoms with Gasteiger partial charge < -0.3 is 10.0 Å². The molecule has 2 aromatic carbocycles. The van der Waals surface area contributed by atoms with Gasteiger partial charge in [-0.1, -0.05) is 42.5 Å². The quantitative estimate of drug-likeness (QED) is 0.922. The van der Waals surface area contributed by atoms with Gasteiger partial charge in [0.2, 0.25) is 0 Å². The molecule has 0 saturated carbocycles. The van der Waals surface area contributed by atoms with Gasteiger partial charge in [-0.05, 0) is 47.6 Å². The van der Waals surface area contributed by atoms with E-state index in [-0.39, 0.29) is 5.91 Å². The Hall–Kier alpha value is -2.13. The van der Waals surface area contributed by atoms with E-state index in [0.717, 1.165) is 47.8 Å². The zero-order valence-corrected chi connectivity index (χ0v) is 12.5. The fourth-order valence-corrected chi connectivity index (χ4v) is 3.70. The van der Waals surface area contributed by atoms with Crippen LogP contribution in [0.25, 0.3) is 10.8 Å². The second kappa shape index (κ2) is 5.25. The Kier molecular flexibility index (Phi) is 3.23. The van der Waals surface area contributed by atoms with Crippen molar-refractivity contribution in [3.8, 4) is 0 Å². The van der Waals surface area contributed by atoms with Crippen molar-refractivity contribution in [2.24, 2.45) is 0 Å². The number of aliphatic hydroxyl groups is 1. The number of amides is 1. The van der Waals surface area contributed by atoms with Gasteiger partial charge in [-0.25, -0.2) is 0 Å². The largest absolute Gasteiger partial charge is 0.369 e. The van der Waals surface area contributed by atoms with Crippen LogP contribution in [0.3, 0.4) is 0 Å². The van der Waals surface area contributed by atoms with Crippen molar-refractivity contribution in [1.82, 2.24) is 4.90 Å². The number of benzene rings is 2. The van der Waals surface area contributed by atoms with Crippen LogP contribution in [0.2, 0.25) is 0 Å². The molecule has 1 N–H and O–H groups in total. The van der Waals surface area contributed by atoms with Crippen molar-refractivity contribution in [3.63, 3.8) is 0 Å². The molecule has 1 amide bonds. The summed E-state index contributed by atoms with van der Waals surface area (Å²) in [7, 11) is 0. The van der Waals surface area contributed by atoms with Crippen LogP contribution in [-0.4, -0.2) is 22.1 Å². The first-order valence-electron chi connectivity index (χ1n) is 7.93. The van der Waals surface area contributed by atoms with Crippen LogP contribution in [-0.2, 0) is 11.3 Å². The van der Waals surface area contributed by atoms with Crippen LogP contribution >= 0.6 is 0 Å². The van der Waals surface area contributed by atoms with E-state index in [1.165, 1.54) is 5.39 Å². The lowest BCUT2D eigenvalue weighted by Gasteiger charge is -2.23. The third-order valence-corrected chi connectivity index (χ3v) is 4.86. The summed E-state index contributed by atoms with van der Waals surface area (Å²) in [5, 5.41) is 12.8. The van der Waals surface area contributed by atoms with E-state index in [9.17, 15) is 9.90 Å². The van der Waals surface area contributed by atoms with Crippen LogP contribution in [0, 0.1) is 0 Å². The molecule has 1 atom stereocenters. The first-order valence-corrected chi connectivity index (χ1v) is 7.93. The first kappa shape index (κ1) is 13.5. The van der Waals surface area contributed by atoms with Crippen LogP contribution in [0.1, 0.15) is 31.2 Å². The highest BCUT2D eigenvalue weighted by Gasteiger charge is 2.38. The smallest absolute Gasteiger partial charge is 0.252 e. The van der Waals surface area contributed by atoms with Crippen molar-refractivity contribution in [2.45, 2.75) is 38.5 Å². The van der Waals surface area contributed by atoms with E-state index in [1.54, 1.807) is 4.90 Å². The monoisotopic (exact) mass is 293 g/mol. The SMILES string of the molecule is O=C1C2=C(CCCC2)C(O)N1Cc1cccc2ccccc12. The van der Waals surface area contributed by atoms with E-state index >= 15 is 0 Å². The molecule has 0 aromatic heterocycles. The molecular weight excluding hydrogens is 274 g/mol. The molecule has 1 unspecified atom stereocenters. The predicted octanol–water partition coefficient (Wildman–Crippen LogP) is 3.37. The summed E-state index contributed by atoms with van der Waals surface area (Å²) in [6.45, 7) is 0.467. The highest BCUT2D eigenvalue weighted by atomic mass is 16.3. The standard InChI is InChI=1S/C19H19NO2/c21-18-16-10-3-4-11-17(16)19(22)20(18)12-14-8-5-7-13-6-1-2-9-15(13)14/h1-2,5-9,18,21H,3-4,10-12H2. The molecule has 0 spiro atoms. The minimum absolute atomic E-state index is 0.0233. The molecule has 0 saturated heterocycles. The highest BCUT2D eigenvalue weighted by Crippen LogP contribution is 2.36. The fourth-order valence-electron chi connectivity index (χ4n) is 3.70. The number of hydrogen-bond acceptors (Lipinski definition) is 2. The van der Waals surface area contributed by atoms with E-state index < -0.39 is 6.23 Å². The number of carbonyl (C=O) groups excluding carboxylic acids is 1.